The van der Waals surface area contributed by atoms with Crippen molar-refractivity contribution in [3.05, 3.63) is 57.6 Å². The molecule has 0 aliphatic carbocycles. The summed E-state index contributed by atoms with van der Waals surface area (Å²) < 4.78 is 17.3. The Morgan fingerprint density at radius 3 is 2.50 bits per heavy atom. The van der Waals surface area contributed by atoms with Gasteiger partial charge in [0, 0.05) is 0 Å². The van der Waals surface area contributed by atoms with E-state index in [-0.39, 0.29) is 5.97 Å². The minimum absolute atomic E-state index is 0.325. The standard InChI is InChI=1S/C19H21BrO4/c1-4-22-17-11-15(19(21)23-5-2)10-16(20)18(17)24-12-14-9-7-6-8-13(14)3/h6-11H,4-5,12H2,1-3H3. The van der Waals surface area contributed by atoms with Gasteiger partial charge in [-0.1, -0.05) is 24.3 Å². The second-order valence-electron chi connectivity index (χ2n) is 5.15. The first-order chi connectivity index (χ1) is 11.6. The van der Waals surface area contributed by atoms with Gasteiger partial charge in [0.05, 0.1) is 23.2 Å². The van der Waals surface area contributed by atoms with E-state index >= 15 is 0 Å². The summed E-state index contributed by atoms with van der Waals surface area (Å²) in [4.78, 5) is 11.9. The number of esters is 1. The van der Waals surface area contributed by atoms with Crippen molar-refractivity contribution in [2.24, 2.45) is 0 Å². The SMILES string of the molecule is CCOC(=O)c1cc(Br)c(OCc2ccccc2C)c(OCC)c1. The van der Waals surface area contributed by atoms with Gasteiger partial charge in [0.15, 0.2) is 11.5 Å². The van der Waals surface area contributed by atoms with E-state index in [4.69, 9.17) is 14.2 Å². The molecule has 2 aromatic rings. The van der Waals surface area contributed by atoms with Gasteiger partial charge < -0.3 is 14.2 Å². The monoisotopic (exact) mass is 392 g/mol. The summed E-state index contributed by atoms with van der Waals surface area (Å²) in [7, 11) is 0. The van der Waals surface area contributed by atoms with Crippen molar-refractivity contribution < 1.29 is 19.0 Å². The van der Waals surface area contributed by atoms with Crippen molar-refractivity contribution in [2.45, 2.75) is 27.4 Å². The molecule has 0 aliphatic heterocycles. The van der Waals surface area contributed by atoms with Gasteiger partial charge in [0.1, 0.15) is 6.61 Å². The summed E-state index contributed by atoms with van der Waals surface area (Å²) >= 11 is 3.47. The molecule has 0 aliphatic rings. The maximum absolute atomic E-state index is 11.9. The van der Waals surface area contributed by atoms with Crippen LogP contribution in [0.3, 0.4) is 0 Å². The van der Waals surface area contributed by atoms with Crippen LogP contribution in [0.5, 0.6) is 11.5 Å². The van der Waals surface area contributed by atoms with Crippen molar-refractivity contribution in [1.82, 2.24) is 0 Å². The van der Waals surface area contributed by atoms with Crippen LogP contribution >= 0.6 is 15.9 Å². The van der Waals surface area contributed by atoms with E-state index in [0.29, 0.717) is 41.4 Å². The molecule has 0 amide bonds. The predicted molar refractivity (Wildman–Crippen MR) is 96.8 cm³/mol. The lowest BCUT2D eigenvalue weighted by molar-refractivity contribution is 0.0525. The molecule has 0 heterocycles. The highest BCUT2D eigenvalue weighted by Crippen LogP contribution is 2.37. The summed E-state index contributed by atoms with van der Waals surface area (Å²) in [5.74, 6) is 0.710. The quantitative estimate of drug-likeness (QED) is 0.627. The molecule has 0 atom stereocenters. The lowest BCUT2D eigenvalue weighted by atomic mass is 10.1. The Morgan fingerprint density at radius 2 is 1.83 bits per heavy atom. The number of carbonyl (C=O) groups is 1. The molecule has 2 rings (SSSR count). The lowest BCUT2D eigenvalue weighted by Crippen LogP contribution is -2.07. The Balaban J connectivity index is 2.28. The van der Waals surface area contributed by atoms with Crippen LogP contribution in [0.15, 0.2) is 40.9 Å². The Kier molecular flexibility index (Phi) is 6.67. The molecule has 128 valence electrons. The van der Waals surface area contributed by atoms with Gasteiger partial charge in [-0.3, -0.25) is 0 Å². The molecule has 2 aromatic carbocycles. The van der Waals surface area contributed by atoms with Gasteiger partial charge >= 0.3 is 5.97 Å². The molecule has 0 fully saturated rings. The molecule has 0 aromatic heterocycles. The van der Waals surface area contributed by atoms with Crippen LogP contribution in [0.4, 0.5) is 0 Å². The van der Waals surface area contributed by atoms with E-state index in [0.717, 1.165) is 11.1 Å². The summed E-state index contributed by atoms with van der Waals surface area (Å²) in [6.07, 6.45) is 0. The molecule has 0 saturated heterocycles. The molecule has 4 nitrogen and oxygen atoms in total. The summed E-state index contributed by atoms with van der Waals surface area (Å²) in [5, 5.41) is 0. The number of rotatable bonds is 7. The van der Waals surface area contributed by atoms with Crippen LogP contribution in [-0.4, -0.2) is 19.2 Å². The summed E-state index contributed by atoms with van der Waals surface area (Å²) in [5.41, 5.74) is 2.69. The molecular weight excluding hydrogens is 372 g/mol. The molecule has 0 unspecified atom stereocenters. The van der Waals surface area contributed by atoms with E-state index in [1.807, 2.05) is 38.1 Å². The summed E-state index contributed by atoms with van der Waals surface area (Å²) in [6, 6.07) is 11.4. The van der Waals surface area contributed by atoms with Gasteiger partial charge in [-0.2, -0.15) is 0 Å². The fraction of sp³-hybridized carbons (Fsp3) is 0.316. The fourth-order valence-electron chi connectivity index (χ4n) is 2.23. The molecule has 0 saturated carbocycles. The molecule has 0 radical (unpaired) electrons. The van der Waals surface area contributed by atoms with Gasteiger partial charge in [-0.25, -0.2) is 4.79 Å². The van der Waals surface area contributed by atoms with Crippen molar-refractivity contribution >= 4 is 21.9 Å². The van der Waals surface area contributed by atoms with E-state index in [1.54, 1.807) is 19.1 Å². The van der Waals surface area contributed by atoms with E-state index in [9.17, 15) is 4.79 Å². The second-order valence-corrected chi connectivity index (χ2v) is 6.01. The number of aryl methyl sites for hydroxylation is 1. The summed E-state index contributed by atoms with van der Waals surface area (Å²) in [6.45, 7) is 6.92. The molecule has 0 spiro atoms. The predicted octanol–water partition coefficient (Wildman–Crippen LogP) is 4.91. The van der Waals surface area contributed by atoms with Crippen LogP contribution in [0.2, 0.25) is 0 Å². The highest BCUT2D eigenvalue weighted by atomic mass is 79.9. The van der Waals surface area contributed by atoms with Crippen molar-refractivity contribution in [2.75, 3.05) is 13.2 Å². The Morgan fingerprint density at radius 1 is 1.08 bits per heavy atom. The molecule has 24 heavy (non-hydrogen) atoms. The van der Waals surface area contributed by atoms with Gasteiger partial charge in [-0.05, 0) is 60.0 Å². The zero-order chi connectivity index (χ0) is 17.5. The molecule has 0 bridgehead atoms. The molecule has 0 N–H and O–H groups in total. The van der Waals surface area contributed by atoms with Crippen LogP contribution < -0.4 is 9.47 Å². The van der Waals surface area contributed by atoms with Gasteiger partial charge in [0.25, 0.3) is 0 Å². The number of benzene rings is 2. The average molecular weight is 393 g/mol. The highest BCUT2D eigenvalue weighted by Gasteiger charge is 2.17. The van der Waals surface area contributed by atoms with Crippen LogP contribution in [0.25, 0.3) is 0 Å². The third-order valence-electron chi connectivity index (χ3n) is 3.45. The van der Waals surface area contributed by atoms with Crippen molar-refractivity contribution in [1.29, 1.82) is 0 Å². The van der Waals surface area contributed by atoms with E-state index < -0.39 is 0 Å². The third kappa shape index (κ3) is 4.51. The number of hydrogen-bond acceptors (Lipinski definition) is 4. The first kappa shape index (κ1) is 18.3. The maximum Gasteiger partial charge on any atom is 0.338 e. The first-order valence-electron chi connectivity index (χ1n) is 7.87. The second kappa shape index (κ2) is 8.73. The maximum atomic E-state index is 11.9. The first-order valence-corrected chi connectivity index (χ1v) is 8.66. The highest BCUT2D eigenvalue weighted by molar-refractivity contribution is 9.10. The Hall–Kier alpha value is -2.01. The minimum atomic E-state index is -0.385. The molecule has 5 heteroatoms. The largest absolute Gasteiger partial charge is 0.490 e. The average Bonchev–Trinajstić information content (AvgIpc) is 2.56. The minimum Gasteiger partial charge on any atom is -0.490 e. The zero-order valence-electron chi connectivity index (χ0n) is 14.1. The Bertz CT molecular complexity index is 713. The third-order valence-corrected chi connectivity index (χ3v) is 4.04. The van der Waals surface area contributed by atoms with Crippen LogP contribution in [0.1, 0.15) is 35.3 Å². The van der Waals surface area contributed by atoms with E-state index in [1.165, 1.54) is 0 Å². The van der Waals surface area contributed by atoms with Gasteiger partial charge in [0.2, 0.25) is 0 Å². The van der Waals surface area contributed by atoms with Gasteiger partial charge in [-0.15, -0.1) is 0 Å². The number of halogens is 1. The number of carbonyl (C=O) groups excluding carboxylic acids is 1. The lowest BCUT2D eigenvalue weighted by Gasteiger charge is -2.16. The van der Waals surface area contributed by atoms with E-state index in [2.05, 4.69) is 15.9 Å². The number of ether oxygens (including phenoxy) is 3. The Labute approximate surface area is 150 Å². The van der Waals surface area contributed by atoms with Crippen molar-refractivity contribution in [3.63, 3.8) is 0 Å². The smallest absolute Gasteiger partial charge is 0.338 e. The normalized spacial score (nSPS) is 10.3. The topological polar surface area (TPSA) is 44.8 Å². The zero-order valence-corrected chi connectivity index (χ0v) is 15.7. The fourth-order valence-corrected chi connectivity index (χ4v) is 2.78. The number of hydrogen-bond donors (Lipinski definition) is 0. The molecular formula is C19H21BrO4. The van der Waals surface area contributed by atoms with Crippen LogP contribution in [-0.2, 0) is 11.3 Å². The van der Waals surface area contributed by atoms with Crippen LogP contribution in [0, 0.1) is 6.92 Å². The van der Waals surface area contributed by atoms with Crippen molar-refractivity contribution in [3.8, 4) is 11.5 Å².